The van der Waals surface area contributed by atoms with Crippen LogP contribution in [0.5, 0.6) is 0 Å². The van der Waals surface area contributed by atoms with Gasteiger partial charge in [0.25, 0.3) is 10.0 Å². The fourth-order valence-corrected chi connectivity index (χ4v) is 3.57. The van der Waals surface area contributed by atoms with Crippen LogP contribution in [-0.2, 0) is 10.0 Å². The van der Waals surface area contributed by atoms with Crippen molar-refractivity contribution in [3.05, 3.63) is 76.0 Å². The van der Waals surface area contributed by atoms with Crippen LogP contribution in [0.1, 0.15) is 11.3 Å². The van der Waals surface area contributed by atoms with E-state index >= 15 is 0 Å². The number of halogens is 2. The van der Waals surface area contributed by atoms with Crippen LogP contribution in [0.25, 0.3) is 5.69 Å². The van der Waals surface area contributed by atoms with E-state index in [0.29, 0.717) is 27.1 Å². The molecule has 0 saturated carbocycles. The molecule has 0 fully saturated rings. The molecule has 0 spiro atoms. The van der Waals surface area contributed by atoms with Gasteiger partial charge in [-0.25, -0.2) is 9.51 Å². The summed E-state index contributed by atoms with van der Waals surface area (Å²) in [6.07, 6.45) is 1.33. The maximum absolute atomic E-state index is 12.2. The standard InChI is InChI=1S/C17H14Cl2N4O2S/c1-12-16(11-20-22-26(24,25)15-8-3-2-4-9-15)17(19)23(21-12)14-7-5-6-13(18)10-14/h2-11,22H,1H3/b20-11-. The lowest BCUT2D eigenvalue weighted by atomic mass is 10.3. The van der Waals surface area contributed by atoms with Gasteiger partial charge in [-0.05, 0) is 37.3 Å². The summed E-state index contributed by atoms with van der Waals surface area (Å²) in [6, 6.07) is 15.0. The predicted molar refractivity (Wildman–Crippen MR) is 103 cm³/mol. The lowest BCUT2D eigenvalue weighted by molar-refractivity contribution is 0.584. The van der Waals surface area contributed by atoms with E-state index in [1.165, 1.54) is 23.0 Å². The molecular weight excluding hydrogens is 395 g/mol. The van der Waals surface area contributed by atoms with Gasteiger partial charge in [0.2, 0.25) is 0 Å². The van der Waals surface area contributed by atoms with Crippen LogP contribution in [-0.4, -0.2) is 24.4 Å². The van der Waals surface area contributed by atoms with Crippen molar-refractivity contribution in [1.82, 2.24) is 14.6 Å². The number of hydrogen-bond donors (Lipinski definition) is 1. The van der Waals surface area contributed by atoms with E-state index in [1.54, 1.807) is 43.3 Å². The monoisotopic (exact) mass is 408 g/mol. The molecule has 0 radical (unpaired) electrons. The number of sulfonamides is 1. The summed E-state index contributed by atoms with van der Waals surface area (Å²) in [5, 5.41) is 9.01. The Kier molecular flexibility index (Phi) is 5.31. The van der Waals surface area contributed by atoms with E-state index in [0.717, 1.165) is 0 Å². The van der Waals surface area contributed by atoms with Gasteiger partial charge in [0.15, 0.2) is 0 Å². The average Bonchev–Trinajstić information content (AvgIpc) is 2.90. The Hall–Kier alpha value is -2.35. The SMILES string of the molecule is Cc1nn(-c2cccc(Cl)c2)c(Cl)c1/C=N\NS(=O)(=O)c1ccccc1. The Balaban J connectivity index is 1.86. The van der Waals surface area contributed by atoms with Crippen molar-refractivity contribution in [2.75, 3.05) is 0 Å². The van der Waals surface area contributed by atoms with Gasteiger partial charge in [-0.15, -0.1) is 0 Å². The zero-order valence-corrected chi connectivity index (χ0v) is 15.9. The molecule has 3 rings (SSSR count). The van der Waals surface area contributed by atoms with Gasteiger partial charge in [0.05, 0.1) is 28.1 Å². The van der Waals surface area contributed by atoms with Crippen LogP contribution in [0.4, 0.5) is 0 Å². The lowest BCUT2D eigenvalue weighted by Gasteiger charge is -2.03. The molecule has 3 aromatic rings. The molecular formula is C17H14Cl2N4O2S. The molecule has 0 saturated heterocycles. The number of aromatic nitrogens is 2. The summed E-state index contributed by atoms with van der Waals surface area (Å²) in [5.74, 6) is 0. The fraction of sp³-hybridized carbons (Fsp3) is 0.0588. The molecule has 1 heterocycles. The van der Waals surface area contributed by atoms with Crippen LogP contribution in [0.2, 0.25) is 10.2 Å². The largest absolute Gasteiger partial charge is 0.276 e. The van der Waals surface area contributed by atoms with Crippen LogP contribution in [0, 0.1) is 6.92 Å². The Bertz CT molecular complexity index is 1060. The summed E-state index contributed by atoms with van der Waals surface area (Å²) < 4.78 is 25.8. The first-order chi connectivity index (χ1) is 12.4. The van der Waals surface area contributed by atoms with Crippen LogP contribution in [0.3, 0.4) is 0 Å². The van der Waals surface area contributed by atoms with Crippen molar-refractivity contribution in [3.63, 3.8) is 0 Å². The van der Waals surface area contributed by atoms with Crippen molar-refractivity contribution in [1.29, 1.82) is 0 Å². The van der Waals surface area contributed by atoms with Gasteiger partial charge < -0.3 is 0 Å². The van der Waals surface area contributed by atoms with E-state index in [1.807, 2.05) is 6.07 Å². The number of hydrogen-bond acceptors (Lipinski definition) is 4. The quantitative estimate of drug-likeness (QED) is 0.515. The van der Waals surface area contributed by atoms with E-state index in [9.17, 15) is 8.42 Å². The van der Waals surface area contributed by atoms with Crippen molar-refractivity contribution in [3.8, 4) is 5.69 Å². The van der Waals surface area contributed by atoms with Crippen LogP contribution >= 0.6 is 23.2 Å². The zero-order valence-electron chi connectivity index (χ0n) is 13.6. The van der Waals surface area contributed by atoms with Gasteiger partial charge in [0.1, 0.15) is 5.15 Å². The highest BCUT2D eigenvalue weighted by Gasteiger charge is 2.15. The second-order valence-electron chi connectivity index (χ2n) is 5.35. The molecule has 9 heteroatoms. The lowest BCUT2D eigenvalue weighted by Crippen LogP contribution is -2.18. The minimum absolute atomic E-state index is 0.120. The summed E-state index contributed by atoms with van der Waals surface area (Å²) in [5.41, 5.74) is 1.79. The topological polar surface area (TPSA) is 76.3 Å². The molecule has 1 aromatic heterocycles. The van der Waals surface area contributed by atoms with Crippen molar-refractivity contribution < 1.29 is 8.42 Å². The maximum atomic E-state index is 12.2. The third-order valence-corrected chi connectivity index (χ3v) is 5.36. The average molecular weight is 409 g/mol. The van der Waals surface area contributed by atoms with Crippen LogP contribution in [0.15, 0.2) is 64.6 Å². The zero-order chi connectivity index (χ0) is 18.7. The number of hydrazone groups is 1. The van der Waals surface area contributed by atoms with Gasteiger partial charge >= 0.3 is 0 Å². The normalized spacial score (nSPS) is 11.8. The van der Waals surface area contributed by atoms with E-state index < -0.39 is 10.0 Å². The van der Waals surface area contributed by atoms with Gasteiger partial charge in [-0.2, -0.15) is 18.6 Å². The first-order valence-electron chi connectivity index (χ1n) is 7.49. The molecule has 0 aliphatic heterocycles. The Morgan fingerprint density at radius 3 is 2.54 bits per heavy atom. The Morgan fingerprint density at radius 1 is 1.12 bits per heavy atom. The highest BCUT2D eigenvalue weighted by atomic mass is 35.5. The smallest absolute Gasteiger partial charge is 0.221 e. The second-order valence-corrected chi connectivity index (χ2v) is 7.80. The molecule has 0 unspecified atom stereocenters. The fourth-order valence-electron chi connectivity index (χ4n) is 2.25. The molecule has 6 nitrogen and oxygen atoms in total. The Morgan fingerprint density at radius 2 is 1.85 bits per heavy atom. The second kappa shape index (κ2) is 7.49. The molecule has 0 amide bonds. The maximum Gasteiger partial charge on any atom is 0.276 e. The first-order valence-corrected chi connectivity index (χ1v) is 9.73. The molecule has 26 heavy (non-hydrogen) atoms. The molecule has 134 valence electrons. The highest BCUT2D eigenvalue weighted by Crippen LogP contribution is 2.23. The summed E-state index contributed by atoms with van der Waals surface area (Å²) in [4.78, 5) is 2.28. The summed E-state index contributed by atoms with van der Waals surface area (Å²) >= 11 is 12.4. The van der Waals surface area contributed by atoms with E-state index in [-0.39, 0.29) is 4.90 Å². The number of aryl methyl sites for hydroxylation is 1. The van der Waals surface area contributed by atoms with Gasteiger partial charge in [0, 0.05) is 5.02 Å². The summed E-state index contributed by atoms with van der Waals surface area (Å²) in [6.45, 7) is 1.75. The minimum Gasteiger partial charge on any atom is -0.221 e. The molecule has 0 aliphatic carbocycles. The molecule has 0 bridgehead atoms. The molecule has 0 atom stereocenters. The number of nitrogens with one attached hydrogen (secondary N) is 1. The number of nitrogens with zero attached hydrogens (tertiary/aromatic N) is 3. The third-order valence-electron chi connectivity index (χ3n) is 3.52. The van der Waals surface area contributed by atoms with Crippen molar-refractivity contribution in [2.24, 2.45) is 5.10 Å². The molecule has 0 aliphatic rings. The van der Waals surface area contributed by atoms with E-state index in [2.05, 4.69) is 15.0 Å². The van der Waals surface area contributed by atoms with Crippen molar-refractivity contribution >= 4 is 39.4 Å². The highest BCUT2D eigenvalue weighted by molar-refractivity contribution is 7.89. The molecule has 1 N–H and O–H groups in total. The van der Waals surface area contributed by atoms with E-state index in [4.69, 9.17) is 23.2 Å². The number of rotatable bonds is 5. The van der Waals surface area contributed by atoms with Crippen LogP contribution < -0.4 is 4.83 Å². The van der Waals surface area contributed by atoms with Gasteiger partial charge in [-0.3, -0.25) is 0 Å². The first kappa shape index (κ1) is 18.4. The Labute approximate surface area is 161 Å². The predicted octanol–water partition coefficient (Wildman–Crippen LogP) is 3.80. The number of benzene rings is 2. The van der Waals surface area contributed by atoms with Crippen molar-refractivity contribution in [2.45, 2.75) is 11.8 Å². The minimum atomic E-state index is -3.74. The van der Waals surface area contributed by atoms with Gasteiger partial charge in [-0.1, -0.05) is 47.5 Å². The third kappa shape index (κ3) is 3.90. The summed E-state index contributed by atoms with van der Waals surface area (Å²) in [7, 11) is -3.74. The molecule has 2 aromatic carbocycles.